The number of ketones is 1. The van der Waals surface area contributed by atoms with Crippen LogP contribution in [0.15, 0.2) is 84.9 Å². The Morgan fingerprint density at radius 3 is 1.96 bits per heavy atom. The van der Waals surface area contributed by atoms with Gasteiger partial charge in [-0.3, -0.25) is 4.79 Å². The van der Waals surface area contributed by atoms with Crippen molar-refractivity contribution < 1.29 is 4.79 Å². The Morgan fingerprint density at radius 1 is 0.760 bits per heavy atom. The van der Waals surface area contributed by atoms with Crippen molar-refractivity contribution in [3.63, 3.8) is 0 Å². The van der Waals surface area contributed by atoms with Gasteiger partial charge in [-0.25, -0.2) is 0 Å². The number of nitrogens with zero attached hydrogens (tertiary/aromatic N) is 1. The summed E-state index contributed by atoms with van der Waals surface area (Å²) in [5, 5.41) is 0. The predicted octanol–water partition coefficient (Wildman–Crippen LogP) is 5.32. The molecule has 0 atom stereocenters. The highest BCUT2D eigenvalue weighted by Gasteiger charge is 2.03. The van der Waals surface area contributed by atoms with Gasteiger partial charge in [0.05, 0.1) is 0 Å². The van der Waals surface area contributed by atoms with Crippen molar-refractivity contribution in [2.75, 3.05) is 19.0 Å². The van der Waals surface area contributed by atoms with Crippen molar-refractivity contribution in [1.82, 2.24) is 0 Å². The third-order valence-electron chi connectivity index (χ3n) is 4.11. The summed E-state index contributed by atoms with van der Waals surface area (Å²) in [5.74, 6) is 0.0105. The number of benzene rings is 3. The molecule has 2 nitrogen and oxygen atoms in total. The van der Waals surface area contributed by atoms with E-state index in [-0.39, 0.29) is 5.78 Å². The van der Waals surface area contributed by atoms with Crippen molar-refractivity contribution in [3.8, 4) is 11.1 Å². The minimum absolute atomic E-state index is 0.0105. The van der Waals surface area contributed by atoms with E-state index in [4.69, 9.17) is 0 Å². The first-order chi connectivity index (χ1) is 12.1. The number of hydrogen-bond donors (Lipinski definition) is 0. The minimum atomic E-state index is 0.0105. The molecule has 3 rings (SSSR count). The highest BCUT2D eigenvalue weighted by molar-refractivity contribution is 6.07. The molecule has 0 fully saturated rings. The van der Waals surface area contributed by atoms with Crippen molar-refractivity contribution >= 4 is 17.5 Å². The summed E-state index contributed by atoms with van der Waals surface area (Å²) in [4.78, 5) is 14.4. The van der Waals surface area contributed by atoms with Crippen LogP contribution in [0, 0.1) is 0 Å². The molecule has 0 spiro atoms. The quantitative estimate of drug-likeness (QED) is 0.467. The lowest BCUT2D eigenvalue weighted by atomic mass is 10.0. The van der Waals surface area contributed by atoms with E-state index in [0.717, 1.165) is 22.4 Å². The first-order valence-corrected chi connectivity index (χ1v) is 8.29. The zero-order chi connectivity index (χ0) is 17.6. The molecule has 0 heterocycles. The lowest BCUT2D eigenvalue weighted by Crippen LogP contribution is -2.07. The summed E-state index contributed by atoms with van der Waals surface area (Å²) in [6.07, 6.45) is 3.48. The molecular weight excluding hydrogens is 306 g/mol. The molecule has 3 aromatic carbocycles. The average molecular weight is 327 g/mol. The maximum atomic E-state index is 12.3. The fourth-order valence-electron chi connectivity index (χ4n) is 2.61. The van der Waals surface area contributed by atoms with Crippen LogP contribution in [-0.2, 0) is 0 Å². The van der Waals surface area contributed by atoms with Gasteiger partial charge in [0.1, 0.15) is 0 Å². The second kappa shape index (κ2) is 7.63. The first kappa shape index (κ1) is 16.7. The Hall–Kier alpha value is -3.13. The fourth-order valence-corrected chi connectivity index (χ4v) is 2.61. The van der Waals surface area contributed by atoms with Crippen LogP contribution in [0.5, 0.6) is 0 Å². The van der Waals surface area contributed by atoms with Crippen LogP contribution in [0.2, 0.25) is 0 Å². The van der Waals surface area contributed by atoms with E-state index in [1.54, 1.807) is 6.08 Å². The number of rotatable bonds is 5. The Kier molecular flexibility index (Phi) is 5.10. The first-order valence-electron chi connectivity index (χ1n) is 8.29. The van der Waals surface area contributed by atoms with Gasteiger partial charge in [-0.05, 0) is 34.9 Å². The van der Waals surface area contributed by atoms with Gasteiger partial charge < -0.3 is 4.90 Å². The van der Waals surface area contributed by atoms with Crippen molar-refractivity contribution in [2.24, 2.45) is 0 Å². The molecule has 2 heteroatoms. The van der Waals surface area contributed by atoms with Gasteiger partial charge in [-0.15, -0.1) is 0 Å². The molecule has 25 heavy (non-hydrogen) atoms. The molecule has 0 bridgehead atoms. The van der Waals surface area contributed by atoms with E-state index < -0.39 is 0 Å². The molecule has 0 N–H and O–H groups in total. The summed E-state index contributed by atoms with van der Waals surface area (Å²) in [6.45, 7) is 0. The molecule has 0 aromatic heterocycles. The van der Waals surface area contributed by atoms with Crippen molar-refractivity contribution in [1.29, 1.82) is 0 Å². The molecule has 0 aliphatic heterocycles. The van der Waals surface area contributed by atoms with Crippen LogP contribution in [0.25, 0.3) is 17.2 Å². The SMILES string of the molecule is CN(C)c1ccc(/C=C/C(=O)c2ccc(-c3ccccc3)cc2)cc1. The van der Waals surface area contributed by atoms with E-state index in [9.17, 15) is 4.79 Å². The summed E-state index contributed by atoms with van der Waals surface area (Å²) in [5.41, 5.74) is 5.11. The lowest BCUT2D eigenvalue weighted by Gasteiger charge is -2.11. The van der Waals surface area contributed by atoms with Crippen molar-refractivity contribution in [3.05, 3.63) is 96.1 Å². The molecule has 0 aliphatic carbocycles. The van der Waals surface area contributed by atoms with Gasteiger partial charge in [0.25, 0.3) is 0 Å². The molecule has 0 unspecified atom stereocenters. The summed E-state index contributed by atoms with van der Waals surface area (Å²) in [7, 11) is 4.01. The van der Waals surface area contributed by atoms with Crippen LogP contribution in [0.1, 0.15) is 15.9 Å². The summed E-state index contributed by atoms with van der Waals surface area (Å²) < 4.78 is 0. The highest BCUT2D eigenvalue weighted by atomic mass is 16.1. The smallest absolute Gasteiger partial charge is 0.185 e. The van der Waals surface area contributed by atoms with Crippen LogP contribution < -0.4 is 4.90 Å². The number of anilines is 1. The maximum absolute atomic E-state index is 12.3. The second-order valence-electron chi connectivity index (χ2n) is 6.13. The van der Waals surface area contributed by atoms with E-state index in [1.165, 1.54) is 0 Å². The van der Waals surface area contributed by atoms with Gasteiger partial charge in [0.2, 0.25) is 0 Å². The zero-order valence-corrected chi connectivity index (χ0v) is 14.5. The minimum Gasteiger partial charge on any atom is -0.378 e. The standard InChI is InChI=1S/C23H21NO/c1-24(2)22-15-8-18(9-16-22)10-17-23(25)21-13-11-20(12-14-21)19-6-4-3-5-7-19/h3-17H,1-2H3/b17-10+. The number of allylic oxidation sites excluding steroid dienone is 1. The van der Waals surface area contributed by atoms with Gasteiger partial charge in [0.15, 0.2) is 5.78 Å². The molecule has 0 amide bonds. The zero-order valence-electron chi connectivity index (χ0n) is 14.5. The molecule has 0 saturated carbocycles. The van der Waals surface area contributed by atoms with Gasteiger partial charge >= 0.3 is 0 Å². The van der Waals surface area contributed by atoms with E-state index in [2.05, 4.69) is 12.1 Å². The topological polar surface area (TPSA) is 20.3 Å². The van der Waals surface area contributed by atoms with Crippen molar-refractivity contribution in [2.45, 2.75) is 0 Å². The highest BCUT2D eigenvalue weighted by Crippen LogP contribution is 2.20. The van der Waals surface area contributed by atoms with Crippen LogP contribution in [0.3, 0.4) is 0 Å². The Balaban J connectivity index is 1.70. The predicted molar refractivity (Wildman–Crippen MR) is 106 cm³/mol. The number of carbonyl (C=O) groups excluding carboxylic acids is 1. The molecule has 0 aliphatic rings. The van der Waals surface area contributed by atoms with Gasteiger partial charge in [-0.2, -0.15) is 0 Å². The molecular formula is C23H21NO. The summed E-state index contributed by atoms with van der Waals surface area (Å²) in [6, 6.07) is 26.0. The van der Waals surface area contributed by atoms with Gasteiger partial charge in [-0.1, -0.05) is 72.8 Å². The van der Waals surface area contributed by atoms with E-state index >= 15 is 0 Å². The van der Waals surface area contributed by atoms with Gasteiger partial charge in [0, 0.05) is 25.3 Å². The number of hydrogen-bond acceptors (Lipinski definition) is 2. The Labute approximate surface area is 149 Å². The Bertz CT molecular complexity index is 860. The third-order valence-corrected chi connectivity index (χ3v) is 4.11. The molecule has 124 valence electrons. The van der Waals surface area contributed by atoms with E-state index in [0.29, 0.717) is 5.56 Å². The molecule has 0 saturated heterocycles. The lowest BCUT2D eigenvalue weighted by molar-refractivity contribution is 0.104. The third kappa shape index (κ3) is 4.24. The monoisotopic (exact) mass is 327 g/mol. The molecule has 0 radical (unpaired) electrons. The Morgan fingerprint density at radius 2 is 1.36 bits per heavy atom. The van der Waals surface area contributed by atoms with E-state index in [1.807, 2.05) is 91.8 Å². The maximum Gasteiger partial charge on any atom is 0.185 e. The molecule has 3 aromatic rings. The average Bonchev–Trinajstić information content (AvgIpc) is 2.67. The number of carbonyl (C=O) groups is 1. The van der Waals surface area contributed by atoms with Crippen LogP contribution in [0.4, 0.5) is 5.69 Å². The normalized spacial score (nSPS) is 10.8. The fraction of sp³-hybridized carbons (Fsp3) is 0.0870. The van der Waals surface area contributed by atoms with Crippen LogP contribution >= 0.6 is 0 Å². The summed E-state index contributed by atoms with van der Waals surface area (Å²) >= 11 is 0. The largest absolute Gasteiger partial charge is 0.378 e. The van der Waals surface area contributed by atoms with Crippen LogP contribution in [-0.4, -0.2) is 19.9 Å². The second-order valence-corrected chi connectivity index (χ2v) is 6.13.